The first-order valence-electron chi connectivity index (χ1n) is 6.80. The average molecular weight is 358 g/mol. The van der Waals surface area contributed by atoms with E-state index in [1.165, 1.54) is 11.8 Å². The van der Waals surface area contributed by atoms with E-state index in [0.717, 1.165) is 17.0 Å². The molecule has 1 aromatic heterocycles. The van der Waals surface area contributed by atoms with Gasteiger partial charge >= 0.3 is 0 Å². The molecular formula is C15H16F2N2O2S2. The normalized spacial score (nSPS) is 11.0. The van der Waals surface area contributed by atoms with E-state index in [9.17, 15) is 13.6 Å². The Labute approximate surface area is 141 Å². The molecule has 1 amide bonds. The number of carbonyl (C=O) groups is 1. The first-order chi connectivity index (χ1) is 11.0. The average Bonchev–Trinajstić information content (AvgIpc) is 2.80. The maximum atomic E-state index is 12.2. The summed E-state index contributed by atoms with van der Waals surface area (Å²) in [6, 6.07) is 6.34. The molecular weight excluding hydrogens is 342 g/mol. The summed E-state index contributed by atoms with van der Waals surface area (Å²) in [5.74, 6) is -0.884. The van der Waals surface area contributed by atoms with Crippen LogP contribution in [0.15, 0.2) is 33.7 Å². The van der Waals surface area contributed by atoms with Gasteiger partial charge in [-0.15, -0.1) is 11.8 Å². The van der Waals surface area contributed by atoms with Crippen LogP contribution in [0.25, 0.3) is 0 Å². The van der Waals surface area contributed by atoms with E-state index in [2.05, 4.69) is 10.5 Å². The minimum Gasteiger partial charge on any atom is -0.361 e. The van der Waals surface area contributed by atoms with Gasteiger partial charge in [0.2, 0.25) is 5.91 Å². The highest BCUT2D eigenvalue weighted by molar-refractivity contribution is 7.99. The molecule has 1 N–H and O–H groups in total. The fourth-order valence-electron chi connectivity index (χ4n) is 1.87. The van der Waals surface area contributed by atoms with Crippen molar-refractivity contribution < 1.29 is 18.1 Å². The van der Waals surface area contributed by atoms with Gasteiger partial charge in [0, 0.05) is 21.9 Å². The van der Waals surface area contributed by atoms with Gasteiger partial charge in [-0.25, -0.2) is 0 Å². The molecule has 23 heavy (non-hydrogen) atoms. The fraction of sp³-hybridized carbons (Fsp3) is 0.333. The van der Waals surface area contributed by atoms with Gasteiger partial charge in [-0.2, -0.15) is 8.78 Å². The monoisotopic (exact) mass is 358 g/mol. The van der Waals surface area contributed by atoms with E-state index < -0.39 is 5.76 Å². The second kappa shape index (κ2) is 8.35. The molecule has 0 spiro atoms. The van der Waals surface area contributed by atoms with Crippen molar-refractivity contribution in [2.75, 3.05) is 11.1 Å². The number of amides is 1. The molecule has 8 heteroatoms. The molecule has 0 atom stereocenters. The third-order valence-electron chi connectivity index (χ3n) is 3.02. The molecule has 0 radical (unpaired) electrons. The first-order valence-corrected chi connectivity index (χ1v) is 8.83. The predicted molar refractivity (Wildman–Crippen MR) is 89.1 cm³/mol. The maximum absolute atomic E-state index is 12.2. The Bertz CT molecular complexity index is 640. The van der Waals surface area contributed by atoms with Crippen LogP contribution in [0.4, 0.5) is 14.5 Å². The fourth-order valence-corrected chi connectivity index (χ4v) is 3.35. The van der Waals surface area contributed by atoms with E-state index >= 15 is 0 Å². The summed E-state index contributed by atoms with van der Waals surface area (Å²) in [7, 11) is 0. The molecule has 0 bridgehead atoms. The van der Waals surface area contributed by atoms with E-state index in [1.54, 1.807) is 24.3 Å². The van der Waals surface area contributed by atoms with Crippen LogP contribution in [-0.4, -0.2) is 22.6 Å². The topological polar surface area (TPSA) is 55.1 Å². The van der Waals surface area contributed by atoms with E-state index in [0.29, 0.717) is 28.1 Å². The summed E-state index contributed by atoms with van der Waals surface area (Å²) in [6.45, 7) is 3.71. The van der Waals surface area contributed by atoms with E-state index in [-0.39, 0.29) is 11.7 Å². The number of aromatic nitrogens is 1. The van der Waals surface area contributed by atoms with Crippen molar-refractivity contribution in [1.82, 2.24) is 5.16 Å². The summed E-state index contributed by atoms with van der Waals surface area (Å²) in [5.41, 5.74) is 2.44. The minimum absolute atomic E-state index is 0.143. The van der Waals surface area contributed by atoms with Crippen molar-refractivity contribution in [3.8, 4) is 0 Å². The Kier molecular flexibility index (Phi) is 6.47. The molecule has 124 valence electrons. The Morgan fingerprint density at radius 2 is 2.00 bits per heavy atom. The number of alkyl halides is 2. The Morgan fingerprint density at radius 3 is 2.57 bits per heavy atom. The lowest BCUT2D eigenvalue weighted by atomic mass is 10.2. The smallest absolute Gasteiger partial charge is 0.288 e. The number of thioether (sulfide) groups is 2. The van der Waals surface area contributed by atoms with Crippen LogP contribution in [0.5, 0.6) is 0 Å². The number of anilines is 1. The van der Waals surface area contributed by atoms with Gasteiger partial charge in [0.15, 0.2) is 0 Å². The highest BCUT2D eigenvalue weighted by atomic mass is 32.2. The molecule has 0 fully saturated rings. The van der Waals surface area contributed by atoms with Gasteiger partial charge in [0.05, 0.1) is 11.4 Å². The number of carbonyl (C=O) groups excluding carboxylic acids is 1. The molecule has 0 aliphatic rings. The van der Waals surface area contributed by atoms with Crippen LogP contribution in [0.3, 0.4) is 0 Å². The number of rotatable bonds is 7. The van der Waals surface area contributed by atoms with Crippen LogP contribution in [0.2, 0.25) is 0 Å². The lowest BCUT2D eigenvalue weighted by Crippen LogP contribution is -2.14. The molecule has 2 rings (SSSR count). The number of halogens is 2. The second-order valence-electron chi connectivity index (χ2n) is 4.75. The number of nitrogens with zero attached hydrogens (tertiary/aromatic N) is 1. The SMILES string of the molecule is Cc1noc(C)c1CSCC(=O)Nc1ccc(SC(F)F)cc1. The molecule has 1 heterocycles. The van der Waals surface area contributed by atoms with Gasteiger partial charge in [-0.05, 0) is 38.1 Å². The third kappa shape index (κ3) is 5.54. The summed E-state index contributed by atoms with van der Waals surface area (Å²) < 4.78 is 29.5. The molecule has 1 aromatic carbocycles. The van der Waals surface area contributed by atoms with Crippen molar-refractivity contribution in [3.63, 3.8) is 0 Å². The van der Waals surface area contributed by atoms with E-state index in [1.807, 2.05) is 13.8 Å². The van der Waals surface area contributed by atoms with Crippen LogP contribution in [0, 0.1) is 13.8 Å². The zero-order valence-corrected chi connectivity index (χ0v) is 14.3. The minimum atomic E-state index is -2.45. The van der Waals surface area contributed by atoms with Crippen LogP contribution in [0.1, 0.15) is 17.0 Å². The highest BCUT2D eigenvalue weighted by Crippen LogP contribution is 2.26. The van der Waals surface area contributed by atoms with Gasteiger partial charge in [0.25, 0.3) is 5.76 Å². The highest BCUT2D eigenvalue weighted by Gasteiger charge is 2.10. The standard InChI is InChI=1S/C15H16F2N2O2S2/c1-9-13(10(2)21-19-9)7-22-8-14(20)18-11-3-5-12(6-4-11)23-15(16)17/h3-6,15H,7-8H2,1-2H3,(H,18,20). The lowest BCUT2D eigenvalue weighted by molar-refractivity contribution is -0.113. The van der Waals surface area contributed by atoms with Gasteiger partial charge < -0.3 is 9.84 Å². The first kappa shape index (κ1) is 17.8. The Balaban J connectivity index is 1.78. The number of benzene rings is 1. The largest absolute Gasteiger partial charge is 0.361 e. The molecule has 0 saturated carbocycles. The zero-order valence-electron chi connectivity index (χ0n) is 12.6. The van der Waals surface area contributed by atoms with Crippen molar-refractivity contribution in [1.29, 1.82) is 0 Å². The van der Waals surface area contributed by atoms with Crippen molar-refractivity contribution in [2.24, 2.45) is 0 Å². The third-order valence-corrected chi connectivity index (χ3v) is 4.71. The summed E-state index contributed by atoms with van der Waals surface area (Å²) in [4.78, 5) is 12.3. The van der Waals surface area contributed by atoms with Gasteiger partial charge in [0.1, 0.15) is 5.76 Å². The van der Waals surface area contributed by atoms with Gasteiger partial charge in [-0.1, -0.05) is 16.9 Å². The van der Waals surface area contributed by atoms with Crippen LogP contribution >= 0.6 is 23.5 Å². The number of hydrogen-bond donors (Lipinski definition) is 1. The Hall–Kier alpha value is -1.54. The number of nitrogens with one attached hydrogen (secondary N) is 1. The molecule has 0 aliphatic carbocycles. The zero-order chi connectivity index (χ0) is 16.8. The Morgan fingerprint density at radius 1 is 1.30 bits per heavy atom. The van der Waals surface area contributed by atoms with Crippen LogP contribution in [-0.2, 0) is 10.5 Å². The summed E-state index contributed by atoms with van der Waals surface area (Å²) in [5, 5.41) is 6.60. The quantitative estimate of drug-likeness (QED) is 0.740. The molecule has 0 unspecified atom stereocenters. The predicted octanol–water partition coefficient (Wildman–Crippen LogP) is 4.48. The van der Waals surface area contributed by atoms with Crippen molar-refractivity contribution in [2.45, 2.75) is 30.3 Å². The summed E-state index contributed by atoms with van der Waals surface area (Å²) in [6.07, 6.45) is 0. The lowest BCUT2D eigenvalue weighted by Gasteiger charge is -2.06. The maximum Gasteiger partial charge on any atom is 0.288 e. The summed E-state index contributed by atoms with van der Waals surface area (Å²) >= 11 is 1.94. The molecule has 0 aliphatic heterocycles. The number of hydrogen-bond acceptors (Lipinski definition) is 5. The molecule has 2 aromatic rings. The molecule has 0 saturated heterocycles. The van der Waals surface area contributed by atoms with Crippen LogP contribution < -0.4 is 5.32 Å². The number of aryl methyl sites for hydroxylation is 2. The van der Waals surface area contributed by atoms with Gasteiger partial charge in [-0.3, -0.25) is 4.79 Å². The van der Waals surface area contributed by atoms with Crippen molar-refractivity contribution in [3.05, 3.63) is 41.3 Å². The second-order valence-corrected chi connectivity index (χ2v) is 6.80. The van der Waals surface area contributed by atoms with E-state index in [4.69, 9.17) is 4.52 Å². The molecule has 4 nitrogen and oxygen atoms in total. The van der Waals surface area contributed by atoms with Crippen molar-refractivity contribution >= 4 is 35.1 Å².